The van der Waals surface area contributed by atoms with Gasteiger partial charge in [0.05, 0.1) is 12.3 Å². The SMILES string of the molecule is CCOC(=O)OCOC(=O)c1nc(SCC)n(Cc2ccc(-c3ccccc3-c3nn[nH]n3)cc2)c1C(C)(C)O. The Labute approximate surface area is 235 Å². The maximum atomic E-state index is 12.9. The molecule has 0 aliphatic rings. The number of carbonyl (C=O) groups is 2. The molecule has 0 bridgehead atoms. The number of imidazole rings is 1. The highest BCUT2D eigenvalue weighted by Gasteiger charge is 2.33. The van der Waals surface area contributed by atoms with E-state index in [0.29, 0.717) is 23.3 Å². The van der Waals surface area contributed by atoms with Crippen LogP contribution in [0.1, 0.15) is 49.4 Å². The number of nitrogens with zero attached hydrogens (tertiary/aromatic N) is 5. The van der Waals surface area contributed by atoms with Gasteiger partial charge in [-0.2, -0.15) is 5.21 Å². The van der Waals surface area contributed by atoms with Gasteiger partial charge in [0.25, 0.3) is 0 Å². The molecular weight excluding hydrogens is 536 g/mol. The number of esters is 1. The van der Waals surface area contributed by atoms with Crippen molar-refractivity contribution in [1.82, 2.24) is 30.2 Å². The van der Waals surface area contributed by atoms with E-state index >= 15 is 0 Å². The second kappa shape index (κ2) is 12.7. The first-order valence-electron chi connectivity index (χ1n) is 12.6. The van der Waals surface area contributed by atoms with Crippen molar-refractivity contribution in [3.05, 3.63) is 65.5 Å². The molecule has 4 aromatic rings. The van der Waals surface area contributed by atoms with Gasteiger partial charge in [-0.15, -0.1) is 10.2 Å². The maximum absolute atomic E-state index is 12.9. The summed E-state index contributed by atoms with van der Waals surface area (Å²) in [7, 11) is 0. The topological polar surface area (TPSA) is 154 Å². The van der Waals surface area contributed by atoms with Gasteiger partial charge in [0.2, 0.25) is 12.6 Å². The van der Waals surface area contributed by atoms with Crippen molar-refractivity contribution in [1.29, 1.82) is 0 Å². The van der Waals surface area contributed by atoms with Crippen molar-refractivity contribution in [3.8, 4) is 22.5 Å². The van der Waals surface area contributed by atoms with E-state index in [2.05, 4.69) is 30.3 Å². The minimum Gasteiger partial charge on any atom is -0.435 e. The summed E-state index contributed by atoms with van der Waals surface area (Å²) in [6, 6.07) is 15.7. The summed E-state index contributed by atoms with van der Waals surface area (Å²) in [6.45, 7) is 6.58. The summed E-state index contributed by atoms with van der Waals surface area (Å²) in [5.74, 6) is 0.363. The zero-order chi connectivity index (χ0) is 28.7. The predicted octanol–water partition coefficient (Wildman–Crippen LogP) is 4.41. The van der Waals surface area contributed by atoms with Crippen LogP contribution in [0.25, 0.3) is 22.5 Å². The quantitative estimate of drug-likeness (QED) is 0.151. The third-order valence-corrected chi connectivity index (χ3v) is 6.59. The highest BCUT2D eigenvalue weighted by Crippen LogP contribution is 2.33. The molecule has 2 aromatic heterocycles. The predicted molar refractivity (Wildman–Crippen MR) is 146 cm³/mol. The minimum atomic E-state index is -1.43. The molecule has 0 fully saturated rings. The molecule has 0 radical (unpaired) electrons. The van der Waals surface area contributed by atoms with Gasteiger partial charge in [-0.25, -0.2) is 14.6 Å². The summed E-state index contributed by atoms with van der Waals surface area (Å²) in [5.41, 5.74) is 2.49. The van der Waals surface area contributed by atoms with Gasteiger partial charge in [-0.1, -0.05) is 67.2 Å². The third kappa shape index (κ3) is 6.66. The number of ether oxygens (including phenoxy) is 3. The van der Waals surface area contributed by atoms with Crippen LogP contribution >= 0.6 is 11.8 Å². The second-order valence-electron chi connectivity index (χ2n) is 9.02. The average molecular weight is 567 g/mol. The zero-order valence-corrected chi connectivity index (χ0v) is 23.4. The Hall–Kier alpha value is -4.23. The molecule has 4 rings (SSSR count). The molecule has 0 aliphatic carbocycles. The number of H-pyrrole nitrogens is 1. The van der Waals surface area contributed by atoms with E-state index in [1.54, 1.807) is 25.3 Å². The Balaban J connectivity index is 1.62. The van der Waals surface area contributed by atoms with Crippen LogP contribution in [0.5, 0.6) is 0 Å². The summed E-state index contributed by atoms with van der Waals surface area (Å²) < 4.78 is 16.3. The zero-order valence-electron chi connectivity index (χ0n) is 22.6. The number of aromatic nitrogens is 6. The van der Waals surface area contributed by atoms with Gasteiger partial charge in [-0.05, 0) is 48.4 Å². The Morgan fingerprint density at radius 3 is 2.38 bits per heavy atom. The standard InChI is InChI=1S/C27H30N6O6S/c1-5-37-26(35)39-16-38-24(34)21-22(27(3,4)36)33(25(28-21)40-6-2)15-17-11-13-18(14-12-17)19-9-7-8-10-20(19)23-29-31-32-30-23/h7-14,36H,5-6,15-16H2,1-4H3,(H,29,30,31,32). The summed E-state index contributed by atoms with van der Waals surface area (Å²) >= 11 is 1.43. The van der Waals surface area contributed by atoms with Gasteiger partial charge >= 0.3 is 12.1 Å². The van der Waals surface area contributed by atoms with Gasteiger partial charge in [0.15, 0.2) is 10.9 Å². The van der Waals surface area contributed by atoms with Gasteiger partial charge in [0, 0.05) is 12.1 Å². The lowest BCUT2D eigenvalue weighted by molar-refractivity contribution is -0.0272. The molecule has 0 saturated heterocycles. The monoisotopic (exact) mass is 566 g/mol. The van der Waals surface area contributed by atoms with Crippen LogP contribution in [0.2, 0.25) is 0 Å². The van der Waals surface area contributed by atoms with Crippen molar-refractivity contribution in [2.45, 2.75) is 45.0 Å². The lowest BCUT2D eigenvalue weighted by atomic mass is 9.98. The van der Waals surface area contributed by atoms with Gasteiger partial charge < -0.3 is 23.9 Å². The molecule has 0 atom stereocenters. The van der Waals surface area contributed by atoms with E-state index in [1.807, 2.05) is 55.5 Å². The Morgan fingerprint density at radius 2 is 1.75 bits per heavy atom. The van der Waals surface area contributed by atoms with E-state index in [9.17, 15) is 14.7 Å². The van der Waals surface area contributed by atoms with Crippen LogP contribution in [0.3, 0.4) is 0 Å². The minimum absolute atomic E-state index is 0.0541. The van der Waals surface area contributed by atoms with Crippen LogP contribution in [0.4, 0.5) is 4.79 Å². The van der Waals surface area contributed by atoms with Crippen LogP contribution in [-0.4, -0.2) is 66.6 Å². The molecule has 0 spiro atoms. The number of nitrogens with one attached hydrogen (secondary N) is 1. The number of rotatable bonds is 11. The molecule has 210 valence electrons. The molecule has 13 heteroatoms. The van der Waals surface area contributed by atoms with E-state index in [1.165, 1.54) is 11.8 Å². The number of tetrazole rings is 1. The fourth-order valence-electron chi connectivity index (χ4n) is 4.12. The molecule has 0 unspecified atom stereocenters. The average Bonchev–Trinajstić information content (AvgIpc) is 3.58. The number of hydrogen-bond donors (Lipinski definition) is 2. The number of thioether (sulfide) groups is 1. The maximum Gasteiger partial charge on any atom is 0.511 e. The molecule has 2 N–H and O–H groups in total. The molecule has 0 aliphatic heterocycles. The van der Waals surface area contributed by atoms with E-state index in [-0.39, 0.29) is 18.0 Å². The lowest BCUT2D eigenvalue weighted by Gasteiger charge is -2.22. The van der Waals surface area contributed by atoms with Crippen molar-refractivity contribution in [3.63, 3.8) is 0 Å². The van der Waals surface area contributed by atoms with E-state index in [0.717, 1.165) is 22.3 Å². The molecule has 0 saturated carbocycles. The third-order valence-electron chi connectivity index (χ3n) is 5.73. The molecule has 2 heterocycles. The number of carbonyl (C=O) groups excluding carboxylic acids is 2. The molecule has 40 heavy (non-hydrogen) atoms. The van der Waals surface area contributed by atoms with Crippen LogP contribution in [0.15, 0.2) is 53.7 Å². The highest BCUT2D eigenvalue weighted by molar-refractivity contribution is 7.99. The number of hydrogen-bond acceptors (Lipinski definition) is 11. The van der Waals surface area contributed by atoms with Crippen LogP contribution in [0, 0.1) is 0 Å². The van der Waals surface area contributed by atoms with Crippen LogP contribution in [-0.2, 0) is 26.4 Å². The lowest BCUT2D eigenvalue weighted by Crippen LogP contribution is -2.25. The largest absolute Gasteiger partial charge is 0.511 e. The first-order chi connectivity index (χ1) is 19.2. The van der Waals surface area contributed by atoms with Crippen LogP contribution < -0.4 is 0 Å². The molecule has 2 aromatic carbocycles. The Bertz CT molecular complexity index is 1450. The highest BCUT2D eigenvalue weighted by atomic mass is 32.2. The second-order valence-corrected chi connectivity index (χ2v) is 10.3. The van der Waals surface area contributed by atoms with Crippen molar-refractivity contribution in [2.75, 3.05) is 19.2 Å². The molecule has 0 amide bonds. The van der Waals surface area contributed by atoms with Gasteiger partial charge in [0.1, 0.15) is 5.60 Å². The summed E-state index contributed by atoms with van der Waals surface area (Å²) in [6.07, 6.45) is -0.950. The van der Waals surface area contributed by atoms with Gasteiger partial charge in [-0.3, -0.25) is 0 Å². The summed E-state index contributed by atoms with van der Waals surface area (Å²) in [4.78, 5) is 28.9. The number of benzene rings is 2. The van der Waals surface area contributed by atoms with Crippen molar-refractivity contribution in [2.24, 2.45) is 0 Å². The molecule has 12 nitrogen and oxygen atoms in total. The number of aromatic amines is 1. The van der Waals surface area contributed by atoms with Crippen molar-refractivity contribution < 1.29 is 28.9 Å². The number of aliphatic hydroxyl groups is 1. The molecular formula is C27H30N6O6S. The normalized spacial score (nSPS) is 11.3. The smallest absolute Gasteiger partial charge is 0.435 e. The first kappa shape index (κ1) is 28.8. The Morgan fingerprint density at radius 1 is 1.02 bits per heavy atom. The fraction of sp³-hybridized carbons (Fsp3) is 0.333. The van der Waals surface area contributed by atoms with E-state index < -0.39 is 24.5 Å². The van der Waals surface area contributed by atoms with Crippen molar-refractivity contribution >= 4 is 23.9 Å². The van der Waals surface area contributed by atoms with E-state index in [4.69, 9.17) is 9.47 Å². The fourth-order valence-corrected chi connectivity index (χ4v) is 4.84. The Kier molecular flexibility index (Phi) is 9.17. The first-order valence-corrected chi connectivity index (χ1v) is 13.6. The summed E-state index contributed by atoms with van der Waals surface area (Å²) in [5, 5.41) is 26.0.